The van der Waals surface area contributed by atoms with E-state index in [2.05, 4.69) is 50.4 Å². The van der Waals surface area contributed by atoms with Crippen LogP contribution in [0.15, 0.2) is 36.4 Å². The Morgan fingerprint density at radius 2 is 1.52 bits per heavy atom. The van der Waals surface area contributed by atoms with Gasteiger partial charge in [0.15, 0.2) is 5.75 Å². The van der Waals surface area contributed by atoms with Crippen LogP contribution in [0.4, 0.5) is 5.69 Å². The van der Waals surface area contributed by atoms with Crippen LogP contribution in [0.2, 0.25) is 10.0 Å². The summed E-state index contributed by atoms with van der Waals surface area (Å²) in [6.07, 6.45) is 0. The topological polar surface area (TPSA) is 32.3 Å². The van der Waals surface area contributed by atoms with Crippen molar-refractivity contribution in [2.45, 2.75) is 32.7 Å². The van der Waals surface area contributed by atoms with Crippen molar-refractivity contribution >= 4 is 28.9 Å². The summed E-state index contributed by atoms with van der Waals surface area (Å²) in [5.41, 5.74) is 3.41. The number of anilines is 1. The Hall–Kier alpha value is -1.38. The summed E-state index contributed by atoms with van der Waals surface area (Å²) in [7, 11) is 0. The largest absolute Gasteiger partial charge is 0.505 e. The first-order valence-corrected chi connectivity index (χ1v) is 7.54. The Morgan fingerprint density at radius 3 is 2.00 bits per heavy atom. The lowest BCUT2D eigenvalue weighted by atomic mass is 9.87. The standard InChI is InChI=1S/C17H19Cl2NO/c1-17(2,3)12-6-4-11(5-7-12)10-20-13-8-14(18)16(21)15(19)9-13/h4-9,20-21H,10H2,1-3H3. The highest BCUT2D eigenvalue weighted by Crippen LogP contribution is 2.34. The molecule has 0 heterocycles. The van der Waals surface area contributed by atoms with Gasteiger partial charge in [-0.1, -0.05) is 68.2 Å². The molecule has 0 radical (unpaired) electrons. The zero-order chi connectivity index (χ0) is 15.6. The van der Waals surface area contributed by atoms with Crippen LogP contribution in [0.3, 0.4) is 0 Å². The Bertz CT molecular complexity index is 607. The van der Waals surface area contributed by atoms with Crippen LogP contribution >= 0.6 is 23.2 Å². The summed E-state index contributed by atoms with van der Waals surface area (Å²) >= 11 is 11.8. The first-order chi connectivity index (χ1) is 9.77. The smallest absolute Gasteiger partial charge is 0.152 e. The predicted octanol–water partition coefficient (Wildman–Crippen LogP) is 5.61. The van der Waals surface area contributed by atoms with Gasteiger partial charge in [0.1, 0.15) is 0 Å². The van der Waals surface area contributed by atoms with E-state index in [0.717, 1.165) is 5.69 Å². The van der Waals surface area contributed by atoms with Crippen LogP contribution < -0.4 is 5.32 Å². The second-order valence-corrected chi connectivity index (χ2v) is 6.90. The maximum Gasteiger partial charge on any atom is 0.152 e. The molecule has 2 nitrogen and oxygen atoms in total. The molecule has 2 aromatic carbocycles. The van der Waals surface area contributed by atoms with Gasteiger partial charge >= 0.3 is 0 Å². The number of phenols is 1. The summed E-state index contributed by atoms with van der Waals surface area (Å²) in [6.45, 7) is 7.25. The first kappa shape index (κ1) is 16.0. The summed E-state index contributed by atoms with van der Waals surface area (Å²) in [5.74, 6) is -0.0848. The molecule has 0 bridgehead atoms. The number of hydrogen-bond acceptors (Lipinski definition) is 2. The molecule has 0 saturated heterocycles. The van der Waals surface area contributed by atoms with Crippen molar-refractivity contribution in [3.8, 4) is 5.75 Å². The first-order valence-electron chi connectivity index (χ1n) is 6.78. The number of aromatic hydroxyl groups is 1. The van der Waals surface area contributed by atoms with Gasteiger partial charge < -0.3 is 10.4 Å². The Balaban J connectivity index is 2.07. The van der Waals surface area contributed by atoms with Crippen molar-refractivity contribution in [3.63, 3.8) is 0 Å². The van der Waals surface area contributed by atoms with E-state index in [0.29, 0.717) is 6.54 Å². The van der Waals surface area contributed by atoms with Crippen molar-refractivity contribution in [1.82, 2.24) is 0 Å². The van der Waals surface area contributed by atoms with Crippen LogP contribution in [0.5, 0.6) is 5.75 Å². The molecule has 0 aromatic heterocycles. The molecule has 0 unspecified atom stereocenters. The Labute approximate surface area is 135 Å². The quantitative estimate of drug-likeness (QED) is 0.719. The lowest BCUT2D eigenvalue weighted by molar-refractivity contribution is 0.476. The van der Waals surface area contributed by atoms with E-state index < -0.39 is 0 Å². The number of halogens is 2. The summed E-state index contributed by atoms with van der Waals surface area (Å²) in [6, 6.07) is 11.8. The van der Waals surface area contributed by atoms with Crippen LogP contribution in [0.25, 0.3) is 0 Å². The minimum atomic E-state index is -0.0848. The molecule has 4 heteroatoms. The Morgan fingerprint density at radius 1 is 1.00 bits per heavy atom. The zero-order valence-electron chi connectivity index (χ0n) is 12.4. The minimum absolute atomic E-state index is 0.0848. The fourth-order valence-corrected chi connectivity index (χ4v) is 2.48. The maximum absolute atomic E-state index is 9.53. The average molecular weight is 324 g/mol. The molecule has 0 aliphatic rings. The summed E-state index contributed by atoms with van der Waals surface area (Å²) in [4.78, 5) is 0. The second kappa shape index (κ2) is 6.17. The number of benzene rings is 2. The fourth-order valence-electron chi connectivity index (χ4n) is 1.99. The van der Waals surface area contributed by atoms with Crippen molar-refractivity contribution in [1.29, 1.82) is 0 Å². The van der Waals surface area contributed by atoms with Gasteiger partial charge in [0.05, 0.1) is 10.0 Å². The highest BCUT2D eigenvalue weighted by Gasteiger charge is 2.12. The third-order valence-corrected chi connectivity index (χ3v) is 3.91. The molecule has 21 heavy (non-hydrogen) atoms. The molecule has 0 aliphatic carbocycles. The van der Waals surface area contributed by atoms with E-state index >= 15 is 0 Å². The highest BCUT2D eigenvalue weighted by atomic mass is 35.5. The summed E-state index contributed by atoms with van der Waals surface area (Å²) in [5, 5.41) is 13.3. The molecular weight excluding hydrogens is 305 g/mol. The van der Waals surface area contributed by atoms with Gasteiger partial charge in [-0.2, -0.15) is 0 Å². The molecule has 2 aromatic rings. The minimum Gasteiger partial charge on any atom is -0.505 e. The molecular formula is C17H19Cl2NO. The third-order valence-electron chi connectivity index (χ3n) is 3.33. The van der Waals surface area contributed by atoms with Crippen molar-refractivity contribution in [2.75, 3.05) is 5.32 Å². The van der Waals surface area contributed by atoms with Gasteiger partial charge in [-0.3, -0.25) is 0 Å². The average Bonchev–Trinajstić information content (AvgIpc) is 2.42. The van der Waals surface area contributed by atoms with E-state index in [1.54, 1.807) is 12.1 Å². The fraction of sp³-hybridized carbons (Fsp3) is 0.294. The zero-order valence-corrected chi connectivity index (χ0v) is 13.9. The van der Waals surface area contributed by atoms with Crippen molar-refractivity contribution < 1.29 is 5.11 Å². The Kier molecular flexibility index (Phi) is 4.70. The molecule has 2 N–H and O–H groups in total. The number of phenolic OH excluding ortho intramolecular Hbond substituents is 1. The van der Waals surface area contributed by atoms with Gasteiger partial charge in [-0.05, 0) is 28.7 Å². The van der Waals surface area contributed by atoms with Crippen LogP contribution in [0.1, 0.15) is 31.9 Å². The SMILES string of the molecule is CC(C)(C)c1ccc(CNc2cc(Cl)c(O)c(Cl)c2)cc1. The number of rotatable bonds is 3. The predicted molar refractivity (Wildman–Crippen MR) is 90.6 cm³/mol. The molecule has 112 valence electrons. The highest BCUT2D eigenvalue weighted by molar-refractivity contribution is 6.37. The van der Waals surface area contributed by atoms with Gasteiger partial charge in [0, 0.05) is 12.2 Å². The van der Waals surface area contributed by atoms with E-state index in [-0.39, 0.29) is 21.2 Å². The molecule has 0 atom stereocenters. The third kappa shape index (κ3) is 4.05. The maximum atomic E-state index is 9.53. The van der Waals surface area contributed by atoms with Gasteiger partial charge in [-0.15, -0.1) is 0 Å². The van der Waals surface area contributed by atoms with Crippen molar-refractivity contribution in [2.24, 2.45) is 0 Å². The number of nitrogens with one attached hydrogen (secondary N) is 1. The molecule has 0 aliphatic heterocycles. The van der Waals surface area contributed by atoms with Gasteiger partial charge in [0.2, 0.25) is 0 Å². The molecule has 0 spiro atoms. The lowest BCUT2D eigenvalue weighted by Crippen LogP contribution is -2.11. The van der Waals surface area contributed by atoms with Crippen LogP contribution in [-0.4, -0.2) is 5.11 Å². The molecule has 2 rings (SSSR count). The van der Waals surface area contributed by atoms with E-state index in [4.69, 9.17) is 23.2 Å². The molecule has 0 amide bonds. The lowest BCUT2D eigenvalue weighted by Gasteiger charge is -2.19. The van der Waals surface area contributed by atoms with E-state index in [1.165, 1.54) is 11.1 Å². The van der Waals surface area contributed by atoms with Gasteiger partial charge in [0.25, 0.3) is 0 Å². The molecule has 0 fully saturated rings. The van der Waals surface area contributed by atoms with Crippen LogP contribution in [-0.2, 0) is 12.0 Å². The second-order valence-electron chi connectivity index (χ2n) is 6.09. The molecule has 0 saturated carbocycles. The normalized spacial score (nSPS) is 11.5. The van der Waals surface area contributed by atoms with Crippen LogP contribution in [0, 0.1) is 0 Å². The number of hydrogen-bond donors (Lipinski definition) is 2. The van der Waals surface area contributed by atoms with E-state index in [9.17, 15) is 5.11 Å². The monoisotopic (exact) mass is 323 g/mol. The van der Waals surface area contributed by atoms with Crippen molar-refractivity contribution in [3.05, 3.63) is 57.6 Å². The van der Waals surface area contributed by atoms with Gasteiger partial charge in [-0.25, -0.2) is 0 Å². The van der Waals surface area contributed by atoms with E-state index in [1.807, 2.05) is 0 Å². The summed E-state index contributed by atoms with van der Waals surface area (Å²) < 4.78 is 0.